The van der Waals surface area contributed by atoms with Crippen molar-refractivity contribution in [2.45, 2.75) is 0 Å². The second-order valence-corrected chi connectivity index (χ2v) is 6.30. The maximum atomic E-state index is 9.62. The number of hydrogen-bond donors (Lipinski definition) is 0. The number of hydrogen-bond acceptors (Lipinski definition) is 3. The van der Waals surface area contributed by atoms with Crippen LogP contribution in [0.15, 0.2) is 65.1 Å². The molecule has 4 nitrogen and oxygen atoms in total. The predicted molar refractivity (Wildman–Crippen MR) is 103 cm³/mol. The third-order valence-corrected chi connectivity index (χ3v) is 4.44. The van der Waals surface area contributed by atoms with Gasteiger partial charge in [0.25, 0.3) is 0 Å². The summed E-state index contributed by atoms with van der Waals surface area (Å²) in [7, 11) is 1.90. The fourth-order valence-electron chi connectivity index (χ4n) is 2.88. The van der Waals surface area contributed by atoms with Crippen LogP contribution in [-0.2, 0) is 7.05 Å². The summed E-state index contributed by atoms with van der Waals surface area (Å²) in [4.78, 5) is 4.57. The molecule has 2 heterocycles. The van der Waals surface area contributed by atoms with Gasteiger partial charge in [-0.15, -0.1) is 0 Å². The summed E-state index contributed by atoms with van der Waals surface area (Å²) in [6.07, 6.45) is 1.71. The molecule has 2 aromatic heterocycles. The van der Waals surface area contributed by atoms with Crippen molar-refractivity contribution in [1.82, 2.24) is 9.55 Å². The van der Waals surface area contributed by atoms with Gasteiger partial charge < -0.3 is 8.98 Å². The highest BCUT2D eigenvalue weighted by atomic mass is 35.5. The number of aryl methyl sites for hydroxylation is 1. The maximum Gasteiger partial charge on any atom is 0.151 e. The Bertz CT molecular complexity index is 1160. The molecule has 0 saturated carbocycles. The summed E-state index contributed by atoms with van der Waals surface area (Å²) in [6.45, 7) is 0. The fourth-order valence-corrected chi connectivity index (χ4v) is 3.00. The van der Waals surface area contributed by atoms with Gasteiger partial charge in [-0.2, -0.15) is 5.26 Å². The van der Waals surface area contributed by atoms with Crippen molar-refractivity contribution < 1.29 is 4.42 Å². The van der Waals surface area contributed by atoms with Gasteiger partial charge in [0, 0.05) is 23.7 Å². The van der Waals surface area contributed by atoms with Gasteiger partial charge >= 0.3 is 0 Å². The number of nitriles is 1. The van der Waals surface area contributed by atoms with Crippen LogP contribution < -0.4 is 0 Å². The molecular formula is C21H14ClN3O. The van der Waals surface area contributed by atoms with E-state index in [0.717, 1.165) is 22.4 Å². The molecule has 0 atom stereocenters. The quantitative estimate of drug-likeness (QED) is 0.450. The summed E-state index contributed by atoms with van der Waals surface area (Å²) in [5, 5.41) is 10.3. The van der Waals surface area contributed by atoms with E-state index in [2.05, 4.69) is 11.1 Å². The van der Waals surface area contributed by atoms with Crippen molar-refractivity contribution in [3.63, 3.8) is 0 Å². The molecule has 0 bridgehead atoms. The second-order valence-electron chi connectivity index (χ2n) is 5.86. The van der Waals surface area contributed by atoms with E-state index in [1.807, 2.05) is 72.3 Å². The minimum absolute atomic E-state index is 0.445. The number of aromatic nitrogens is 2. The zero-order valence-corrected chi connectivity index (χ0v) is 14.7. The third kappa shape index (κ3) is 2.90. The van der Waals surface area contributed by atoms with Gasteiger partial charge in [0.05, 0.1) is 16.6 Å². The molecule has 26 heavy (non-hydrogen) atoms. The first kappa shape index (κ1) is 16.2. The summed E-state index contributed by atoms with van der Waals surface area (Å²) >= 11 is 5.92. The van der Waals surface area contributed by atoms with Crippen LogP contribution in [0.2, 0.25) is 5.02 Å². The summed E-state index contributed by atoms with van der Waals surface area (Å²) < 4.78 is 7.78. The Balaban J connectivity index is 1.73. The van der Waals surface area contributed by atoms with Gasteiger partial charge in [-0.3, -0.25) is 0 Å². The number of benzene rings is 2. The van der Waals surface area contributed by atoms with Crippen molar-refractivity contribution in [2.24, 2.45) is 7.05 Å². The molecule has 2 aromatic carbocycles. The molecule has 0 unspecified atom stereocenters. The molecule has 0 aliphatic heterocycles. The summed E-state index contributed by atoms with van der Waals surface area (Å²) in [5.74, 6) is 1.92. The Kier molecular flexibility index (Phi) is 4.08. The van der Waals surface area contributed by atoms with Crippen molar-refractivity contribution in [3.8, 4) is 17.4 Å². The van der Waals surface area contributed by atoms with Crippen LogP contribution >= 0.6 is 11.6 Å². The monoisotopic (exact) mass is 359 g/mol. The van der Waals surface area contributed by atoms with E-state index in [1.54, 1.807) is 6.08 Å². The van der Waals surface area contributed by atoms with Crippen LogP contribution in [0, 0.1) is 11.3 Å². The van der Waals surface area contributed by atoms with E-state index in [0.29, 0.717) is 22.2 Å². The van der Waals surface area contributed by atoms with E-state index >= 15 is 0 Å². The molecular weight excluding hydrogens is 346 g/mol. The van der Waals surface area contributed by atoms with Gasteiger partial charge in [0.15, 0.2) is 5.82 Å². The van der Waals surface area contributed by atoms with Crippen LogP contribution in [0.25, 0.3) is 34.0 Å². The zero-order chi connectivity index (χ0) is 18.1. The first-order valence-electron chi connectivity index (χ1n) is 8.05. The van der Waals surface area contributed by atoms with Crippen molar-refractivity contribution in [3.05, 3.63) is 77.3 Å². The normalized spacial score (nSPS) is 11.7. The highest BCUT2D eigenvalue weighted by Crippen LogP contribution is 2.27. The first-order valence-corrected chi connectivity index (χ1v) is 8.43. The molecule has 126 valence electrons. The Morgan fingerprint density at radius 2 is 1.88 bits per heavy atom. The Hall–Kier alpha value is -3.29. The molecule has 0 spiro atoms. The molecule has 0 N–H and O–H groups in total. The van der Waals surface area contributed by atoms with Crippen molar-refractivity contribution >= 4 is 34.3 Å². The van der Waals surface area contributed by atoms with E-state index in [-0.39, 0.29) is 0 Å². The molecule has 0 fully saturated rings. The number of halogens is 1. The number of allylic oxidation sites excluding steroid dienone is 1. The van der Waals surface area contributed by atoms with Gasteiger partial charge in [-0.1, -0.05) is 23.7 Å². The number of furan rings is 1. The SMILES string of the molecule is Cn1c(/C(C#N)=C/c2ccc(-c3ccc(Cl)cc3)o2)nc2ccccc21. The lowest BCUT2D eigenvalue weighted by atomic mass is 10.2. The van der Waals surface area contributed by atoms with E-state index in [1.165, 1.54) is 0 Å². The number of fused-ring (bicyclic) bond motifs is 1. The molecule has 4 aromatic rings. The Morgan fingerprint density at radius 3 is 2.62 bits per heavy atom. The molecule has 4 rings (SSSR count). The summed E-state index contributed by atoms with van der Waals surface area (Å²) in [6, 6.07) is 21.1. The lowest BCUT2D eigenvalue weighted by Gasteiger charge is -2.00. The lowest BCUT2D eigenvalue weighted by Crippen LogP contribution is -1.95. The predicted octanol–water partition coefficient (Wildman–Crippen LogP) is 5.55. The largest absolute Gasteiger partial charge is 0.457 e. The molecule has 0 aliphatic rings. The number of imidazole rings is 1. The van der Waals surface area contributed by atoms with Gasteiger partial charge in [0.2, 0.25) is 0 Å². The molecule has 0 amide bonds. The van der Waals surface area contributed by atoms with Crippen LogP contribution in [0.4, 0.5) is 0 Å². The average molecular weight is 360 g/mol. The minimum atomic E-state index is 0.445. The Labute approximate surface area is 155 Å². The van der Waals surface area contributed by atoms with Crippen LogP contribution in [0.3, 0.4) is 0 Å². The van der Waals surface area contributed by atoms with Crippen molar-refractivity contribution in [1.29, 1.82) is 5.26 Å². The van der Waals surface area contributed by atoms with Crippen LogP contribution in [0.1, 0.15) is 11.6 Å². The van der Waals surface area contributed by atoms with Gasteiger partial charge in [-0.05, 0) is 48.5 Å². The van der Waals surface area contributed by atoms with E-state index in [4.69, 9.17) is 16.0 Å². The fraction of sp³-hybridized carbons (Fsp3) is 0.0476. The van der Waals surface area contributed by atoms with E-state index in [9.17, 15) is 5.26 Å². The minimum Gasteiger partial charge on any atom is -0.457 e. The number of rotatable bonds is 3. The standard InChI is InChI=1S/C21H14ClN3O/c1-25-19-5-3-2-4-18(19)24-21(25)15(13-23)12-17-10-11-20(26-17)14-6-8-16(22)9-7-14/h2-12H,1H3/b15-12+. The zero-order valence-electron chi connectivity index (χ0n) is 14.0. The number of para-hydroxylation sites is 2. The molecule has 0 saturated heterocycles. The first-order chi connectivity index (χ1) is 12.7. The molecule has 0 aliphatic carbocycles. The highest BCUT2D eigenvalue weighted by Gasteiger charge is 2.13. The lowest BCUT2D eigenvalue weighted by molar-refractivity contribution is 0.572. The van der Waals surface area contributed by atoms with E-state index < -0.39 is 0 Å². The highest BCUT2D eigenvalue weighted by molar-refractivity contribution is 6.30. The Morgan fingerprint density at radius 1 is 1.12 bits per heavy atom. The third-order valence-electron chi connectivity index (χ3n) is 4.19. The smallest absolute Gasteiger partial charge is 0.151 e. The van der Waals surface area contributed by atoms with Gasteiger partial charge in [0.1, 0.15) is 17.6 Å². The van der Waals surface area contributed by atoms with Crippen LogP contribution in [-0.4, -0.2) is 9.55 Å². The maximum absolute atomic E-state index is 9.62. The van der Waals surface area contributed by atoms with Gasteiger partial charge in [-0.25, -0.2) is 4.98 Å². The second kappa shape index (κ2) is 6.55. The summed E-state index contributed by atoms with van der Waals surface area (Å²) in [5.41, 5.74) is 3.20. The number of nitrogens with zero attached hydrogens (tertiary/aromatic N) is 3. The average Bonchev–Trinajstić information content (AvgIpc) is 3.26. The van der Waals surface area contributed by atoms with Crippen molar-refractivity contribution in [2.75, 3.05) is 0 Å². The van der Waals surface area contributed by atoms with Crippen LogP contribution in [0.5, 0.6) is 0 Å². The molecule has 0 radical (unpaired) electrons. The molecule has 5 heteroatoms. The topological polar surface area (TPSA) is 54.8 Å².